The maximum atomic E-state index is 12.2. The van der Waals surface area contributed by atoms with E-state index in [4.69, 9.17) is 14.9 Å². The third-order valence-corrected chi connectivity index (χ3v) is 2.33. The summed E-state index contributed by atoms with van der Waals surface area (Å²) >= 11 is 0. The van der Waals surface area contributed by atoms with Crippen molar-refractivity contribution < 1.29 is 13.9 Å². The second-order valence-corrected chi connectivity index (χ2v) is 3.46. The van der Waals surface area contributed by atoms with Gasteiger partial charge in [0, 0.05) is 5.69 Å². The van der Waals surface area contributed by atoms with Gasteiger partial charge >= 0.3 is 0 Å². The van der Waals surface area contributed by atoms with Crippen LogP contribution in [-0.4, -0.2) is 12.4 Å². The highest BCUT2D eigenvalue weighted by Crippen LogP contribution is 2.27. The molecule has 88 valence electrons. The molecule has 2 rings (SSSR count). The van der Waals surface area contributed by atoms with Crippen LogP contribution in [0.5, 0.6) is 5.75 Å². The lowest BCUT2D eigenvalue weighted by molar-refractivity contribution is 0.101. The molecule has 1 aromatic carbocycles. The minimum absolute atomic E-state index is 0.254. The Labute approximate surface area is 99.0 Å². The van der Waals surface area contributed by atoms with E-state index in [0.29, 0.717) is 23.6 Å². The Hall–Kier alpha value is -2.23. The van der Waals surface area contributed by atoms with Crippen molar-refractivity contribution in [3.63, 3.8) is 0 Å². The van der Waals surface area contributed by atoms with Gasteiger partial charge in [0.1, 0.15) is 5.75 Å². The van der Waals surface area contributed by atoms with E-state index in [0.717, 1.165) is 0 Å². The lowest BCUT2D eigenvalue weighted by atomic mass is 10.1. The molecule has 4 nitrogen and oxygen atoms in total. The second-order valence-electron chi connectivity index (χ2n) is 3.46. The largest absolute Gasteiger partial charge is 0.493 e. The molecule has 0 atom stereocenters. The fourth-order valence-electron chi connectivity index (χ4n) is 1.60. The molecule has 2 N–H and O–H groups in total. The van der Waals surface area contributed by atoms with Gasteiger partial charge in [-0.25, -0.2) is 0 Å². The van der Waals surface area contributed by atoms with Crippen molar-refractivity contribution in [1.29, 1.82) is 0 Å². The maximum Gasteiger partial charge on any atom is 0.233 e. The zero-order chi connectivity index (χ0) is 12.3. The first kappa shape index (κ1) is 11.3. The number of ether oxygens (including phenoxy) is 1. The fraction of sp³-hybridized carbons (Fsp3) is 0.154. The van der Waals surface area contributed by atoms with Crippen LogP contribution in [-0.2, 0) is 0 Å². The molecule has 1 heterocycles. The molecule has 0 aliphatic carbocycles. The summed E-state index contributed by atoms with van der Waals surface area (Å²) in [4.78, 5) is 12.2. The Morgan fingerprint density at radius 1 is 1.35 bits per heavy atom. The number of nitrogens with two attached hydrogens (primary N) is 1. The van der Waals surface area contributed by atoms with Gasteiger partial charge in [-0.2, -0.15) is 0 Å². The number of anilines is 1. The van der Waals surface area contributed by atoms with Gasteiger partial charge in [-0.15, -0.1) is 0 Å². The number of carbonyl (C=O) groups is 1. The molecule has 0 saturated carbocycles. The third-order valence-electron chi connectivity index (χ3n) is 2.33. The zero-order valence-corrected chi connectivity index (χ0v) is 9.47. The average molecular weight is 231 g/mol. The molecule has 2 aromatic rings. The molecule has 4 heteroatoms. The molecule has 0 unspecified atom stereocenters. The van der Waals surface area contributed by atoms with E-state index < -0.39 is 0 Å². The number of benzene rings is 1. The van der Waals surface area contributed by atoms with E-state index in [1.807, 2.05) is 6.92 Å². The zero-order valence-electron chi connectivity index (χ0n) is 9.47. The summed E-state index contributed by atoms with van der Waals surface area (Å²) in [5.74, 6) is 0.467. The first-order valence-corrected chi connectivity index (χ1v) is 5.33. The number of nitrogen functional groups attached to an aromatic ring is 1. The minimum Gasteiger partial charge on any atom is -0.493 e. The van der Waals surface area contributed by atoms with Gasteiger partial charge in [0.2, 0.25) is 5.78 Å². The summed E-state index contributed by atoms with van der Waals surface area (Å²) in [6.45, 7) is 2.33. The van der Waals surface area contributed by atoms with Crippen LogP contribution in [0, 0.1) is 0 Å². The first-order chi connectivity index (χ1) is 8.24. The number of hydrogen-bond acceptors (Lipinski definition) is 4. The summed E-state index contributed by atoms with van der Waals surface area (Å²) in [5.41, 5.74) is 6.55. The quantitative estimate of drug-likeness (QED) is 0.648. The number of hydrogen-bond donors (Lipinski definition) is 1. The van der Waals surface area contributed by atoms with Crippen molar-refractivity contribution in [2.24, 2.45) is 0 Å². The van der Waals surface area contributed by atoms with E-state index in [1.54, 1.807) is 30.3 Å². The van der Waals surface area contributed by atoms with Crippen LogP contribution in [0.2, 0.25) is 0 Å². The van der Waals surface area contributed by atoms with Crippen molar-refractivity contribution in [1.82, 2.24) is 0 Å². The molecule has 0 bridgehead atoms. The van der Waals surface area contributed by atoms with Gasteiger partial charge in [0.25, 0.3) is 0 Å². The van der Waals surface area contributed by atoms with E-state index >= 15 is 0 Å². The van der Waals surface area contributed by atoms with Crippen molar-refractivity contribution in [2.45, 2.75) is 6.92 Å². The molecule has 0 fully saturated rings. The molecule has 1 aromatic heterocycles. The topological polar surface area (TPSA) is 65.5 Å². The van der Waals surface area contributed by atoms with Crippen LogP contribution in [0.1, 0.15) is 23.0 Å². The molecule has 0 aliphatic heterocycles. The standard InChI is InChI=1S/C13H13NO3/c1-2-16-10-6-3-5-9(14)12(10)13(15)11-7-4-8-17-11/h3-8H,2,14H2,1H3. The van der Waals surface area contributed by atoms with E-state index in [1.165, 1.54) is 6.26 Å². The number of carbonyl (C=O) groups excluding carboxylic acids is 1. The van der Waals surface area contributed by atoms with Gasteiger partial charge in [0.15, 0.2) is 5.76 Å². The molecule has 0 spiro atoms. The predicted octanol–water partition coefficient (Wildman–Crippen LogP) is 2.49. The molecule has 0 amide bonds. The van der Waals surface area contributed by atoms with E-state index in [9.17, 15) is 4.79 Å². The van der Waals surface area contributed by atoms with Gasteiger partial charge in [-0.1, -0.05) is 6.07 Å². The summed E-state index contributed by atoms with van der Waals surface area (Å²) in [6.07, 6.45) is 1.45. The summed E-state index contributed by atoms with van der Waals surface area (Å²) < 4.78 is 10.5. The Balaban J connectivity index is 2.47. The van der Waals surface area contributed by atoms with Crippen LogP contribution in [0.4, 0.5) is 5.69 Å². The molecule has 17 heavy (non-hydrogen) atoms. The van der Waals surface area contributed by atoms with Crippen molar-refractivity contribution in [3.05, 3.63) is 47.9 Å². The third kappa shape index (κ3) is 2.15. The lowest BCUT2D eigenvalue weighted by Gasteiger charge is -2.10. The maximum absolute atomic E-state index is 12.2. The number of rotatable bonds is 4. The summed E-state index contributed by atoms with van der Waals surface area (Å²) in [5, 5.41) is 0. The van der Waals surface area contributed by atoms with Gasteiger partial charge in [-0.05, 0) is 31.2 Å². The Bertz CT molecular complexity index is 517. The predicted molar refractivity (Wildman–Crippen MR) is 64.2 cm³/mol. The molecule has 0 radical (unpaired) electrons. The highest BCUT2D eigenvalue weighted by Gasteiger charge is 2.19. The van der Waals surface area contributed by atoms with Crippen LogP contribution in [0.25, 0.3) is 0 Å². The number of furan rings is 1. The Kier molecular flexibility index (Phi) is 3.14. The Morgan fingerprint density at radius 3 is 2.82 bits per heavy atom. The van der Waals surface area contributed by atoms with Crippen molar-refractivity contribution >= 4 is 11.5 Å². The van der Waals surface area contributed by atoms with E-state index in [2.05, 4.69) is 0 Å². The SMILES string of the molecule is CCOc1cccc(N)c1C(=O)c1ccco1. The van der Waals surface area contributed by atoms with Gasteiger partial charge < -0.3 is 14.9 Å². The van der Waals surface area contributed by atoms with Crippen molar-refractivity contribution in [3.8, 4) is 5.75 Å². The minimum atomic E-state index is -0.267. The monoisotopic (exact) mass is 231 g/mol. The van der Waals surface area contributed by atoms with E-state index in [-0.39, 0.29) is 11.5 Å². The summed E-state index contributed by atoms with van der Waals surface area (Å²) in [6, 6.07) is 8.39. The molecular weight excluding hydrogens is 218 g/mol. The fourth-order valence-corrected chi connectivity index (χ4v) is 1.60. The van der Waals surface area contributed by atoms with Crippen LogP contribution >= 0.6 is 0 Å². The lowest BCUT2D eigenvalue weighted by Crippen LogP contribution is -2.08. The van der Waals surface area contributed by atoms with Crippen molar-refractivity contribution in [2.75, 3.05) is 12.3 Å². The highest BCUT2D eigenvalue weighted by atomic mass is 16.5. The Morgan fingerprint density at radius 2 is 2.18 bits per heavy atom. The highest BCUT2D eigenvalue weighted by molar-refractivity contribution is 6.12. The smallest absolute Gasteiger partial charge is 0.233 e. The van der Waals surface area contributed by atoms with Crippen LogP contribution < -0.4 is 10.5 Å². The van der Waals surface area contributed by atoms with Gasteiger partial charge in [0.05, 0.1) is 18.4 Å². The molecule has 0 aliphatic rings. The van der Waals surface area contributed by atoms with Crippen LogP contribution in [0.3, 0.4) is 0 Å². The average Bonchev–Trinajstić information content (AvgIpc) is 2.82. The molecule has 0 saturated heterocycles. The summed E-state index contributed by atoms with van der Waals surface area (Å²) in [7, 11) is 0. The van der Waals surface area contributed by atoms with Gasteiger partial charge in [-0.3, -0.25) is 4.79 Å². The van der Waals surface area contributed by atoms with Crippen LogP contribution in [0.15, 0.2) is 41.0 Å². The normalized spacial score (nSPS) is 10.2. The second kappa shape index (κ2) is 4.74. The first-order valence-electron chi connectivity index (χ1n) is 5.33. The molecular formula is C13H13NO3. The number of ketones is 1.